The van der Waals surface area contributed by atoms with Gasteiger partial charge in [-0.25, -0.2) is 0 Å². The van der Waals surface area contributed by atoms with Crippen molar-refractivity contribution in [2.45, 2.75) is 57.8 Å². The molecule has 21 heavy (non-hydrogen) atoms. The van der Waals surface area contributed by atoms with E-state index in [4.69, 9.17) is 14.2 Å². The Bertz CT molecular complexity index is 452. The zero-order valence-electron chi connectivity index (χ0n) is 12.5. The highest BCUT2D eigenvalue weighted by atomic mass is 16.6. The zero-order chi connectivity index (χ0) is 15.2. The predicted molar refractivity (Wildman–Crippen MR) is 76.5 cm³/mol. The normalized spacial score (nSPS) is 28.7. The molecular weight excluding hydrogens is 272 g/mol. The van der Waals surface area contributed by atoms with Crippen LogP contribution in [-0.4, -0.2) is 36.9 Å². The third-order valence-corrected chi connectivity index (χ3v) is 3.61. The molecule has 0 saturated heterocycles. The van der Waals surface area contributed by atoms with Crippen LogP contribution in [0.4, 0.5) is 0 Å². The number of rotatable bonds is 4. The molecule has 5 heteroatoms. The molecule has 2 aliphatic rings. The summed E-state index contributed by atoms with van der Waals surface area (Å²) in [6.45, 7) is 2.79. The maximum Gasteiger partial charge on any atom is 0.303 e. The molecule has 5 nitrogen and oxygen atoms in total. The molecule has 0 aromatic heterocycles. The van der Waals surface area contributed by atoms with Gasteiger partial charge in [0, 0.05) is 13.8 Å². The Kier molecular flexibility index (Phi) is 5.56. The Hall–Kier alpha value is -1.62. The van der Waals surface area contributed by atoms with Crippen LogP contribution in [0.15, 0.2) is 23.8 Å². The van der Waals surface area contributed by atoms with E-state index in [1.54, 1.807) is 0 Å². The van der Waals surface area contributed by atoms with E-state index in [0.29, 0.717) is 0 Å². The molecule has 3 atom stereocenters. The van der Waals surface area contributed by atoms with Crippen LogP contribution in [0.25, 0.3) is 0 Å². The molecule has 0 unspecified atom stereocenters. The van der Waals surface area contributed by atoms with Gasteiger partial charge in [-0.05, 0) is 37.3 Å². The minimum atomic E-state index is -0.512. The van der Waals surface area contributed by atoms with Crippen LogP contribution in [0.1, 0.15) is 39.5 Å². The van der Waals surface area contributed by atoms with E-state index in [1.165, 1.54) is 32.3 Å². The Labute approximate surface area is 124 Å². The first-order chi connectivity index (χ1) is 10.1. The Morgan fingerprint density at radius 3 is 2.67 bits per heavy atom. The highest BCUT2D eigenvalue weighted by Crippen LogP contribution is 2.27. The van der Waals surface area contributed by atoms with Gasteiger partial charge in [-0.15, -0.1) is 0 Å². The van der Waals surface area contributed by atoms with Gasteiger partial charge in [-0.3, -0.25) is 9.59 Å². The monoisotopic (exact) mass is 294 g/mol. The average Bonchev–Trinajstić information content (AvgIpc) is 2.46. The van der Waals surface area contributed by atoms with Crippen molar-refractivity contribution >= 4 is 11.9 Å². The number of allylic oxidation sites excluding steroid dienone is 1. The van der Waals surface area contributed by atoms with Crippen LogP contribution in [-0.2, 0) is 23.8 Å². The fourth-order valence-corrected chi connectivity index (χ4v) is 2.62. The first-order valence-corrected chi connectivity index (χ1v) is 7.39. The molecule has 0 N–H and O–H groups in total. The fraction of sp³-hybridized carbons (Fsp3) is 0.625. The molecule has 0 spiro atoms. The Balaban J connectivity index is 2.05. The molecule has 0 aromatic rings. The average molecular weight is 294 g/mol. The van der Waals surface area contributed by atoms with Crippen molar-refractivity contribution in [3.63, 3.8) is 0 Å². The summed E-state index contributed by atoms with van der Waals surface area (Å²) in [5, 5.41) is 0. The molecule has 1 aliphatic heterocycles. The lowest BCUT2D eigenvalue weighted by Gasteiger charge is -2.33. The zero-order valence-corrected chi connectivity index (χ0v) is 12.5. The van der Waals surface area contributed by atoms with Gasteiger partial charge in [-0.2, -0.15) is 0 Å². The summed E-state index contributed by atoms with van der Waals surface area (Å²) in [5.41, 5.74) is 1.26. The van der Waals surface area contributed by atoms with Gasteiger partial charge in [0.2, 0.25) is 0 Å². The van der Waals surface area contributed by atoms with Crippen LogP contribution in [0.2, 0.25) is 0 Å². The lowest BCUT2D eigenvalue weighted by atomic mass is 9.93. The van der Waals surface area contributed by atoms with Gasteiger partial charge in [0.1, 0.15) is 18.8 Å². The molecule has 0 fully saturated rings. The molecular formula is C16H22O5. The molecule has 0 aromatic carbocycles. The van der Waals surface area contributed by atoms with Crippen LogP contribution >= 0.6 is 0 Å². The van der Waals surface area contributed by atoms with Crippen molar-refractivity contribution < 1.29 is 23.8 Å². The van der Waals surface area contributed by atoms with Gasteiger partial charge < -0.3 is 14.2 Å². The molecule has 116 valence electrons. The Morgan fingerprint density at radius 2 is 2.05 bits per heavy atom. The van der Waals surface area contributed by atoms with Gasteiger partial charge in [0.05, 0.1) is 6.10 Å². The van der Waals surface area contributed by atoms with E-state index in [2.05, 4.69) is 6.08 Å². The molecule has 1 aliphatic carbocycles. The lowest BCUT2D eigenvalue weighted by molar-refractivity contribution is -0.161. The van der Waals surface area contributed by atoms with Crippen molar-refractivity contribution in [3.8, 4) is 0 Å². The second-order valence-electron chi connectivity index (χ2n) is 5.38. The molecule has 1 heterocycles. The van der Waals surface area contributed by atoms with Crippen LogP contribution in [0.3, 0.4) is 0 Å². The van der Waals surface area contributed by atoms with Gasteiger partial charge in [0.25, 0.3) is 0 Å². The maximum absolute atomic E-state index is 11.1. The standard InChI is InChI=1S/C16H22O5/c1-11(17)19-10-16-15(20-12(2)18)9-8-14(21-16)13-6-4-3-5-7-13/h6,8-9,14-16H,3-5,7,10H2,1-2H3/t14-,15-,16+/m0/s1. The number of ether oxygens (including phenoxy) is 3. The van der Waals surface area contributed by atoms with Crippen LogP contribution in [0, 0.1) is 0 Å². The minimum absolute atomic E-state index is 0.0847. The van der Waals surface area contributed by atoms with E-state index in [0.717, 1.165) is 12.8 Å². The summed E-state index contributed by atoms with van der Waals surface area (Å²) in [6, 6.07) is 0. The molecule has 0 amide bonds. The largest absolute Gasteiger partial charge is 0.463 e. The van der Waals surface area contributed by atoms with Gasteiger partial charge in [0.15, 0.2) is 0 Å². The van der Waals surface area contributed by atoms with E-state index >= 15 is 0 Å². The summed E-state index contributed by atoms with van der Waals surface area (Å²) in [4.78, 5) is 22.1. The minimum Gasteiger partial charge on any atom is -0.463 e. The summed E-state index contributed by atoms with van der Waals surface area (Å²) >= 11 is 0. The topological polar surface area (TPSA) is 61.8 Å². The third-order valence-electron chi connectivity index (χ3n) is 3.61. The van der Waals surface area contributed by atoms with Crippen molar-refractivity contribution in [3.05, 3.63) is 23.8 Å². The van der Waals surface area contributed by atoms with E-state index < -0.39 is 12.2 Å². The summed E-state index contributed by atoms with van der Waals surface area (Å²) in [6.07, 6.45) is 9.37. The first kappa shape index (κ1) is 15.8. The van der Waals surface area contributed by atoms with E-state index in [-0.39, 0.29) is 24.6 Å². The predicted octanol–water partition coefficient (Wildman–Crippen LogP) is 2.31. The van der Waals surface area contributed by atoms with E-state index in [1.807, 2.05) is 12.2 Å². The Morgan fingerprint density at radius 1 is 1.24 bits per heavy atom. The van der Waals surface area contributed by atoms with Crippen LogP contribution in [0.5, 0.6) is 0 Å². The molecule has 0 saturated carbocycles. The number of hydrogen-bond acceptors (Lipinski definition) is 5. The number of carbonyl (C=O) groups is 2. The molecule has 2 rings (SSSR count). The van der Waals surface area contributed by atoms with Gasteiger partial charge >= 0.3 is 11.9 Å². The van der Waals surface area contributed by atoms with Crippen molar-refractivity contribution in [1.82, 2.24) is 0 Å². The first-order valence-electron chi connectivity index (χ1n) is 7.39. The number of carbonyl (C=O) groups excluding carboxylic acids is 2. The molecule has 0 bridgehead atoms. The van der Waals surface area contributed by atoms with Crippen LogP contribution < -0.4 is 0 Å². The quantitative estimate of drug-likeness (QED) is 0.588. The second kappa shape index (κ2) is 7.41. The van der Waals surface area contributed by atoms with Crippen molar-refractivity contribution in [2.24, 2.45) is 0 Å². The highest BCUT2D eigenvalue weighted by Gasteiger charge is 2.32. The van der Waals surface area contributed by atoms with E-state index in [9.17, 15) is 9.59 Å². The maximum atomic E-state index is 11.1. The SMILES string of the molecule is CC(=O)OC[C@H]1O[C@H](C2=CCCCC2)C=C[C@@H]1OC(C)=O. The van der Waals surface area contributed by atoms with Crippen molar-refractivity contribution in [2.75, 3.05) is 6.61 Å². The summed E-state index contributed by atoms with van der Waals surface area (Å²) in [5.74, 6) is -0.750. The lowest BCUT2D eigenvalue weighted by Crippen LogP contribution is -2.42. The molecule has 0 radical (unpaired) electrons. The summed E-state index contributed by atoms with van der Waals surface area (Å²) < 4.78 is 16.2. The highest BCUT2D eigenvalue weighted by molar-refractivity contribution is 5.66. The third kappa shape index (κ3) is 4.70. The number of hydrogen-bond donors (Lipinski definition) is 0. The smallest absolute Gasteiger partial charge is 0.303 e. The number of esters is 2. The second-order valence-corrected chi connectivity index (χ2v) is 5.38. The fourth-order valence-electron chi connectivity index (χ4n) is 2.62. The summed E-state index contributed by atoms with van der Waals surface area (Å²) in [7, 11) is 0. The van der Waals surface area contributed by atoms with Crippen molar-refractivity contribution in [1.29, 1.82) is 0 Å². The van der Waals surface area contributed by atoms with Gasteiger partial charge in [-0.1, -0.05) is 12.2 Å².